The smallest absolute Gasteiger partial charge is 0.176 e. The van der Waals surface area contributed by atoms with Crippen LogP contribution in [0.3, 0.4) is 0 Å². The summed E-state index contributed by atoms with van der Waals surface area (Å²) in [4.78, 5) is 0. The number of nitriles is 1. The van der Waals surface area contributed by atoms with Gasteiger partial charge in [-0.3, -0.25) is 0 Å². The van der Waals surface area contributed by atoms with E-state index in [9.17, 15) is 0 Å². The van der Waals surface area contributed by atoms with Crippen molar-refractivity contribution in [2.75, 3.05) is 18.1 Å². The van der Waals surface area contributed by atoms with Crippen LogP contribution in [-0.2, 0) is 0 Å². The Morgan fingerprint density at radius 1 is 1.70 bits per heavy atom. The van der Waals surface area contributed by atoms with E-state index in [2.05, 4.69) is 5.32 Å². The maximum absolute atomic E-state index is 8.23. The Morgan fingerprint density at radius 2 is 2.60 bits per heavy atom. The molecule has 3 heteroatoms. The first-order valence-corrected chi connectivity index (χ1v) is 4.78. The van der Waals surface area contributed by atoms with E-state index in [0.717, 1.165) is 12.5 Å². The molecule has 1 saturated heterocycles. The summed E-state index contributed by atoms with van der Waals surface area (Å²) < 4.78 is 0. The monoisotopic (exact) mass is 156 g/mol. The molecular weight excluding hydrogens is 144 g/mol. The molecule has 0 amide bonds. The number of hydrogen-bond acceptors (Lipinski definition) is 3. The van der Waals surface area contributed by atoms with E-state index in [1.54, 1.807) is 0 Å². The zero-order valence-electron chi connectivity index (χ0n) is 5.97. The summed E-state index contributed by atoms with van der Waals surface area (Å²) >= 11 is 2.00. The van der Waals surface area contributed by atoms with Crippen molar-refractivity contribution in [2.45, 2.75) is 12.8 Å². The van der Waals surface area contributed by atoms with Crippen LogP contribution in [-0.4, -0.2) is 18.1 Å². The predicted molar refractivity (Wildman–Crippen MR) is 43.7 cm³/mol. The van der Waals surface area contributed by atoms with E-state index in [-0.39, 0.29) is 0 Å². The molecule has 2 nitrogen and oxygen atoms in total. The van der Waals surface area contributed by atoms with Crippen LogP contribution in [0, 0.1) is 17.4 Å². The number of nitrogens with zero attached hydrogens (tertiary/aromatic N) is 1. The van der Waals surface area contributed by atoms with Crippen LogP contribution in [0.2, 0.25) is 0 Å². The molecule has 0 aromatic rings. The van der Waals surface area contributed by atoms with Crippen molar-refractivity contribution in [3.05, 3.63) is 0 Å². The lowest BCUT2D eigenvalue weighted by atomic mass is 10.1. The Balaban J connectivity index is 2.09. The van der Waals surface area contributed by atoms with E-state index in [1.807, 2.05) is 18.0 Å². The summed E-state index contributed by atoms with van der Waals surface area (Å²) in [7, 11) is 0. The quantitative estimate of drug-likeness (QED) is 0.482. The molecular formula is C7H12N2S. The number of rotatable bonds is 2. The van der Waals surface area contributed by atoms with Crippen LogP contribution >= 0.6 is 11.8 Å². The third-order valence-corrected chi connectivity index (χ3v) is 3.01. The lowest BCUT2D eigenvalue weighted by molar-refractivity contribution is 0.509. The third kappa shape index (κ3) is 2.49. The first-order valence-electron chi connectivity index (χ1n) is 3.63. The summed E-state index contributed by atoms with van der Waals surface area (Å²) in [6.07, 6.45) is 4.57. The molecule has 0 saturated carbocycles. The highest BCUT2D eigenvalue weighted by Gasteiger charge is 2.12. The van der Waals surface area contributed by atoms with Crippen molar-refractivity contribution in [1.82, 2.24) is 5.32 Å². The highest BCUT2D eigenvalue weighted by molar-refractivity contribution is 7.99. The Kier molecular flexibility index (Phi) is 3.45. The van der Waals surface area contributed by atoms with Crippen molar-refractivity contribution in [1.29, 1.82) is 5.26 Å². The molecule has 1 atom stereocenters. The minimum atomic E-state index is 0.735. The first-order chi connectivity index (χ1) is 4.93. The predicted octanol–water partition coefficient (Wildman–Crippen LogP) is 1.20. The van der Waals surface area contributed by atoms with E-state index >= 15 is 0 Å². The van der Waals surface area contributed by atoms with Crippen LogP contribution in [0.25, 0.3) is 0 Å². The fourth-order valence-corrected chi connectivity index (χ4v) is 2.31. The van der Waals surface area contributed by atoms with Gasteiger partial charge in [-0.1, -0.05) is 0 Å². The first kappa shape index (κ1) is 7.74. The molecule has 1 unspecified atom stereocenters. The minimum absolute atomic E-state index is 0.735. The highest BCUT2D eigenvalue weighted by atomic mass is 32.2. The molecule has 0 bridgehead atoms. The number of thioether (sulfide) groups is 1. The van der Waals surface area contributed by atoms with Gasteiger partial charge in [-0.15, -0.1) is 0 Å². The molecule has 0 aliphatic carbocycles. The average Bonchev–Trinajstić information content (AvgIpc) is 2.03. The second-order valence-corrected chi connectivity index (χ2v) is 3.73. The van der Waals surface area contributed by atoms with Crippen LogP contribution in [0.5, 0.6) is 0 Å². The Morgan fingerprint density at radius 3 is 3.20 bits per heavy atom. The third-order valence-electron chi connectivity index (χ3n) is 1.72. The second kappa shape index (κ2) is 4.45. The van der Waals surface area contributed by atoms with E-state index in [4.69, 9.17) is 5.26 Å². The van der Waals surface area contributed by atoms with Crippen LogP contribution in [0.4, 0.5) is 0 Å². The van der Waals surface area contributed by atoms with Gasteiger partial charge in [0.25, 0.3) is 0 Å². The van der Waals surface area contributed by atoms with Gasteiger partial charge in [0.05, 0.1) is 0 Å². The van der Waals surface area contributed by atoms with E-state index in [0.29, 0.717) is 0 Å². The van der Waals surface area contributed by atoms with E-state index in [1.165, 1.54) is 24.3 Å². The molecule has 1 aliphatic rings. The standard InChI is InChI=1S/C7H12N2S/c8-6-9-4-7-2-1-3-10-5-7/h7,9H,1-5H2. The van der Waals surface area contributed by atoms with E-state index < -0.39 is 0 Å². The van der Waals surface area contributed by atoms with Crippen LogP contribution < -0.4 is 5.32 Å². The van der Waals surface area contributed by atoms with Gasteiger partial charge in [-0.25, -0.2) is 0 Å². The largest absolute Gasteiger partial charge is 0.324 e. The lowest BCUT2D eigenvalue weighted by Crippen LogP contribution is -2.22. The van der Waals surface area contributed by atoms with Gasteiger partial charge in [0.1, 0.15) is 0 Å². The van der Waals surface area contributed by atoms with Crippen molar-refractivity contribution in [3.63, 3.8) is 0 Å². The zero-order valence-corrected chi connectivity index (χ0v) is 6.78. The minimum Gasteiger partial charge on any atom is -0.324 e. The van der Waals surface area contributed by atoms with Crippen molar-refractivity contribution < 1.29 is 0 Å². The highest BCUT2D eigenvalue weighted by Crippen LogP contribution is 2.21. The molecule has 1 aliphatic heterocycles. The molecule has 0 spiro atoms. The van der Waals surface area contributed by atoms with Crippen molar-refractivity contribution >= 4 is 11.8 Å². The maximum Gasteiger partial charge on any atom is 0.176 e. The average molecular weight is 156 g/mol. The van der Waals surface area contributed by atoms with Crippen molar-refractivity contribution in [2.24, 2.45) is 5.92 Å². The van der Waals surface area contributed by atoms with Crippen LogP contribution in [0.15, 0.2) is 0 Å². The van der Waals surface area contributed by atoms with Crippen molar-refractivity contribution in [3.8, 4) is 6.19 Å². The fraction of sp³-hybridized carbons (Fsp3) is 0.857. The van der Waals surface area contributed by atoms with Gasteiger partial charge < -0.3 is 5.32 Å². The lowest BCUT2D eigenvalue weighted by Gasteiger charge is -2.19. The molecule has 0 aromatic heterocycles. The number of hydrogen-bond donors (Lipinski definition) is 1. The summed E-state index contributed by atoms with van der Waals surface area (Å²) in [5, 5.41) is 10.9. The maximum atomic E-state index is 8.23. The molecule has 1 rings (SSSR count). The van der Waals surface area contributed by atoms with Gasteiger partial charge >= 0.3 is 0 Å². The molecule has 1 N–H and O–H groups in total. The van der Waals surface area contributed by atoms with Gasteiger partial charge in [0.2, 0.25) is 0 Å². The summed E-state index contributed by atoms with van der Waals surface area (Å²) in [5.41, 5.74) is 0. The normalized spacial score (nSPS) is 25.3. The van der Waals surface area contributed by atoms with Gasteiger partial charge in [0.15, 0.2) is 6.19 Å². The molecule has 1 fully saturated rings. The summed E-state index contributed by atoms with van der Waals surface area (Å²) in [6, 6.07) is 0. The van der Waals surface area contributed by atoms with Gasteiger partial charge in [-0.05, 0) is 30.3 Å². The fourth-order valence-electron chi connectivity index (χ4n) is 1.16. The second-order valence-electron chi connectivity index (χ2n) is 2.58. The van der Waals surface area contributed by atoms with Crippen LogP contribution in [0.1, 0.15) is 12.8 Å². The number of nitrogens with one attached hydrogen (secondary N) is 1. The summed E-state index contributed by atoms with van der Waals surface area (Å²) in [6.45, 7) is 0.878. The molecule has 10 heavy (non-hydrogen) atoms. The Labute approximate surface area is 66.0 Å². The Hall–Kier alpha value is -0.360. The molecule has 0 aromatic carbocycles. The molecule has 1 heterocycles. The molecule has 0 radical (unpaired) electrons. The topological polar surface area (TPSA) is 35.8 Å². The van der Waals surface area contributed by atoms with Gasteiger partial charge in [-0.2, -0.15) is 17.0 Å². The summed E-state index contributed by atoms with van der Waals surface area (Å²) in [5.74, 6) is 3.27. The van der Waals surface area contributed by atoms with Gasteiger partial charge in [0, 0.05) is 6.54 Å². The molecule has 56 valence electrons. The SMILES string of the molecule is N#CNCC1CCCSC1. The zero-order chi connectivity index (χ0) is 7.23. The Bertz CT molecular complexity index is 124.